The van der Waals surface area contributed by atoms with E-state index in [0.29, 0.717) is 6.54 Å². The zero-order valence-corrected chi connectivity index (χ0v) is 15.4. The average Bonchev–Trinajstić information content (AvgIpc) is 3.15. The first-order valence-electron chi connectivity index (χ1n) is 9.63. The van der Waals surface area contributed by atoms with Gasteiger partial charge in [0.1, 0.15) is 5.75 Å². The van der Waals surface area contributed by atoms with Crippen LogP contribution in [0, 0.1) is 0 Å². The number of carbonyl (C=O) groups is 1. The molecule has 5 heteroatoms. The Morgan fingerprint density at radius 1 is 1.28 bits per heavy atom. The van der Waals surface area contributed by atoms with Gasteiger partial charge in [-0.2, -0.15) is 0 Å². The summed E-state index contributed by atoms with van der Waals surface area (Å²) < 4.78 is 11.3. The van der Waals surface area contributed by atoms with E-state index in [4.69, 9.17) is 9.47 Å². The first-order valence-corrected chi connectivity index (χ1v) is 9.63. The standard InChI is InChI=1S/C20H32N2O3/c1-2-3-4-5-6-12-24-18-10-7-9-17(14-18)21-16-20(23)22-15-19-11-8-13-25-19/h7,9-10,14,19,21H,2-6,8,11-13,15-16H2,1H3,(H,22,23). The third kappa shape index (κ3) is 8.25. The number of hydrogen-bond acceptors (Lipinski definition) is 4. The maximum Gasteiger partial charge on any atom is 0.239 e. The lowest BCUT2D eigenvalue weighted by atomic mass is 10.2. The number of benzene rings is 1. The van der Waals surface area contributed by atoms with E-state index in [1.54, 1.807) is 0 Å². The highest BCUT2D eigenvalue weighted by atomic mass is 16.5. The zero-order chi connectivity index (χ0) is 17.7. The van der Waals surface area contributed by atoms with Crippen molar-refractivity contribution in [2.24, 2.45) is 0 Å². The first kappa shape index (κ1) is 19.6. The van der Waals surface area contributed by atoms with Gasteiger partial charge in [-0.1, -0.05) is 38.7 Å². The highest BCUT2D eigenvalue weighted by Crippen LogP contribution is 2.17. The van der Waals surface area contributed by atoms with Gasteiger partial charge in [-0.15, -0.1) is 0 Å². The molecule has 2 N–H and O–H groups in total. The smallest absolute Gasteiger partial charge is 0.239 e. The van der Waals surface area contributed by atoms with Crippen molar-refractivity contribution in [3.05, 3.63) is 24.3 Å². The van der Waals surface area contributed by atoms with Crippen molar-refractivity contribution in [3.8, 4) is 5.75 Å². The van der Waals surface area contributed by atoms with Crippen LogP contribution in [0.15, 0.2) is 24.3 Å². The van der Waals surface area contributed by atoms with Crippen molar-refractivity contribution >= 4 is 11.6 Å². The zero-order valence-electron chi connectivity index (χ0n) is 15.4. The minimum atomic E-state index is -0.0160. The van der Waals surface area contributed by atoms with Crippen LogP contribution in [-0.2, 0) is 9.53 Å². The van der Waals surface area contributed by atoms with Crippen LogP contribution in [0.4, 0.5) is 5.69 Å². The number of amides is 1. The molecule has 0 radical (unpaired) electrons. The van der Waals surface area contributed by atoms with Gasteiger partial charge in [0, 0.05) is 24.9 Å². The van der Waals surface area contributed by atoms with Crippen LogP contribution in [-0.4, -0.2) is 38.3 Å². The Hall–Kier alpha value is -1.75. The summed E-state index contributed by atoms with van der Waals surface area (Å²) in [7, 11) is 0. The monoisotopic (exact) mass is 348 g/mol. The van der Waals surface area contributed by atoms with E-state index in [2.05, 4.69) is 17.6 Å². The van der Waals surface area contributed by atoms with Crippen LogP contribution in [0.5, 0.6) is 5.75 Å². The van der Waals surface area contributed by atoms with Crippen LogP contribution in [0.3, 0.4) is 0 Å². The van der Waals surface area contributed by atoms with Gasteiger partial charge in [0.05, 0.1) is 19.3 Å². The fourth-order valence-corrected chi connectivity index (χ4v) is 2.87. The van der Waals surface area contributed by atoms with Crippen molar-refractivity contribution < 1.29 is 14.3 Å². The fourth-order valence-electron chi connectivity index (χ4n) is 2.87. The van der Waals surface area contributed by atoms with E-state index < -0.39 is 0 Å². The van der Waals surface area contributed by atoms with Crippen LogP contribution >= 0.6 is 0 Å². The first-order chi connectivity index (χ1) is 12.3. The van der Waals surface area contributed by atoms with Gasteiger partial charge in [0.2, 0.25) is 5.91 Å². The van der Waals surface area contributed by atoms with Crippen molar-refractivity contribution in [1.82, 2.24) is 5.32 Å². The number of hydrogen-bond donors (Lipinski definition) is 2. The molecule has 1 unspecified atom stereocenters. The van der Waals surface area contributed by atoms with E-state index in [9.17, 15) is 4.79 Å². The molecule has 1 amide bonds. The molecule has 140 valence electrons. The van der Waals surface area contributed by atoms with E-state index in [0.717, 1.165) is 43.9 Å². The summed E-state index contributed by atoms with van der Waals surface area (Å²) in [4.78, 5) is 11.9. The van der Waals surface area contributed by atoms with Gasteiger partial charge < -0.3 is 20.1 Å². The Morgan fingerprint density at radius 3 is 2.96 bits per heavy atom. The molecule has 25 heavy (non-hydrogen) atoms. The highest BCUT2D eigenvalue weighted by Gasteiger charge is 2.15. The molecule has 1 heterocycles. The quantitative estimate of drug-likeness (QED) is 0.565. The Kier molecular flexibility index (Phi) is 9.19. The number of carbonyl (C=O) groups excluding carboxylic acids is 1. The van der Waals surface area contributed by atoms with E-state index in [1.165, 1.54) is 25.7 Å². The number of nitrogens with one attached hydrogen (secondary N) is 2. The second kappa shape index (κ2) is 11.7. The van der Waals surface area contributed by atoms with Gasteiger partial charge in [0.15, 0.2) is 0 Å². The Labute approximate surface area is 151 Å². The van der Waals surface area contributed by atoms with Crippen molar-refractivity contribution in [1.29, 1.82) is 0 Å². The van der Waals surface area contributed by atoms with Crippen molar-refractivity contribution in [3.63, 3.8) is 0 Å². The van der Waals surface area contributed by atoms with Crippen molar-refractivity contribution in [2.45, 2.75) is 58.0 Å². The number of unbranched alkanes of at least 4 members (excludes halogenated alkanes) is 4. The normalized spacial score (nSPS) is 16.6. The molecule has 0 spiro atoms. The lowest BCUT2D eigenvalue weighted by Crippen LogP contribution is -2.35. The molecule has 0 aromatic heterocycles. The molecule has 1 fully saturated rings. The molecule has 0 saturated carbocycles. The average molecular weight is 348 g/mol. The van der Waals surface area contributed by atoms with Crippen molar-refractivity contribution in [2.75, 3.05) is 31.6 Å². The largest absolute Gasteiger partial charge is 0.494 e. The van der Waals surface area contributed by atoms with E-state index >= 15 is 0 Å². The summed E-state index contributed by atoms with van der Waals surface area (Å²) in [5.41, 5.74) is 0.899. The van der Waals surface area contributed by atoms with Gasteiger partial charge in [-0.3, -0.25) is 4.79 Å². The molecule has 0 aliphatic carbocycles. The molecule has 1 aromatic rings. The lowest BCUT2D eigenvalue weighted by molar-refractivity contribution is -0.119. The molecule has 1 saturated heterocycles. The van der Waals surface area contributed by atoms with Gasteiger partial charge in [0.25, 0.3) is 0 Å². The Balaban J connectivity index is 1.61. The number of ether oxygens (including phenoxy) is 2. The maximum absolute atomic E-state index is 11.9. The van der Waals surface area contributed by atoms with Crippen LogP contribution in [0.2, 0.25) is 0 Å². The minimum Gasteiger partial charge on any atom is -0.494 e. The van der Waals surface area contributed by atoms with Gasteiger partial charge in [-0.05, 0) is 31.4 Å². The predicted molar refractivity (Wildman–Crippen MR) is 101 cm³/mol. The second-order valence-corrected chi connectivity index (χ2v) is 6.58. The van der Waals surface area contributed by atoms with Crippen LogP contribution in [0.25, 0.3) is 0 Å². The molecule has 1 aromatic carbocycles. The second-order valence-electron chi connectivity index (χ2n) is 6.58. The van der Waals surface area contributed by atoms with E-state index in [-0.39, 0.29) is 18.6 Å². The fraction of sp³-hybridized carbons (Fsp3) is 0.650. The molecule has 1 aliphatic heterocycles. The van der Waals surface area contributed by atoms with E-state index in [1.807, 2.05) is 24.3 Å². The third-order valence-electron chi connectivity index (χ3n) is 4.35. The minimum absolute atomic E-state index is 0.0160. The third-order valence-corrected chi connectivity index (χ3v) is 4.35. The number of rotatable bonds is 12. The molecular weight excluding hydrogens is 316 g/mol. The van der Waals surface area contributed by atoms with Crippen LogP contribution in [0.1, 0.15) is 51.9 Å². The summed E-state index contributed by atoms with van der Waals surface area (Å²) in [6.45, 7) is 4.63. The molecule has 1 aliphatic rings. The van der Waals surface area contributed by atoms with Gasteiger partial charge >= 0.3 is 0 Å². The molecule has 0 bridgehead atoms. The van der Waals surface area contributed by atoms with Crippen LogP contribution < -0.4 is 15.4 Å². The lowest BCUT2D eigenvalue weighted by Gasteiger charge is -2.12. The highest BCUT2D eigenvalue weighted by molar-refractivity contribution is 5.80. The summed E-state index contributed by atoms with van der Waals surface area (Å²) in [5, 5.41) is 6.06. The molecule has 5 nitrogen and oxygen atoms in total. The maximum atomic E-state index is 11.9. The Morgan fingerprint density at radius 2 is 2.16 bits per heavy atom. The summed E-state index contributed by atoms with van der Waals surface area (Å²) >= 11 is 0. The SMILES string of the molecule is CCCCCCCOc1cccc(NCC(=O)NCC2CCCO2)c1. The summed E-state index contributed by atoms with van der Waals surface area (Å²) in [6, 6.07) is 7.79. The molecular formula is C20H32N2O3. The van der Waals surface area contributed by atoms with Gasteiger partial charge in [-0.25, -0.2) is 0 Å². The summed E-state index contributed by atoms with van der Waals surface area (Å²) in [6.07, 6.45) is 8.44. The molecule has 1 atom stereocenters. The topological polar surface area (TPSA) is 59.6 Å². The number of anilines is 1. The summed E-state index contributed by atoms with van der Waals surface area (Å²) in [5.74, 6) is 0.831. The predicted octanol–water partition coefficient (Wildman–Crippen LogP) is 3.74. The molecule has 2 rings (SSSR count). The Bertz CT molecular complexity index is 501.